The summed E-state index contributed by atoms with van der Waals surface area (Å²) in [5.74, 6) is -1.56. The molecule has 2 aliphatic rings. The van der Waals surface area contributed by atoms with Gasteiger partial charge in [-0.2, -0.15) is 0 Å². The lowest BCUT2D eigenvalue weighted by molar-refractivity contribution is -0.297. The van der Waals surface area contributed by atoms with Crippen molar-refractivity contribution in [1.29, 1.82) is 0 Å². The molecule has 5 N–H and O–H groups in total. The molecule has 0 aromatic carbocycles. The first kappa shape index (κ1) is 16.6. The van der Waals surface area contributed by atoms with Gasteiger partial charge in [0.25, 0.3) is 5.56 Å². The summed E-state index contributed by atoms with van der Waals surface area (Å²) in [5.41, 5.74) is -2.54. The number of aromatic nitrogens is 2. The maximum absolute atomic E-state index is 12.0. The number of aliphatic carboxylic acids is 1. The molecule has 12 heteroatoms. The number of hydrogen-bond acceptors (Lipinski definition) is 9. The third kappa shape index (κ3) is 3.92. The summed E-state index contributed by atoms with van der Waals surface area (Å²) in [4.78, 5) is 36.8. The van der Waals surface area contributed by atoms with Crippen LogP contribution in [0, 0.1) is 6.85 Å². The molecule has 0 amide bonds. The lowest BCUT2D eigenvalue weighted by Crippen LogP contribution is -2.60. The van der Waals surface area contributed by atoms with Gasteiger partial charge in [-0.25, -0.2) is 9.59 Å². The van der Waals surface area contributed by atoms with Crippen LogP contribution in [-0.4, -0.2) is 79.4 Å². The maximum Gasteiger partial charge on any atom is 0.335 e. The normalized spacial score (nSPS) is 37.2. The van der Waals surface area contributed by atoms with Crippen molar-refractivity contribution in [3.05, 3.63) is 44.8 Å². The number of carbonyl (C=O) groups is 1. The second kappa shape index (κ2) is 7.95. The average molecular weight is 403 g/mol. The van der Waals surface area contributed by atoms with Crippen LogP contribution in [0.15, 0.2) is 27.9 Å². The predicted octanol–water partition coefficient (Wildman–Crippen LogP) is -2.79. The number of aliphatic hydroxyl groups excluding tert-OH is 3. The Morgan fingerprint density at radius 1 is 1.25 bits per heavy atom. The topological polar surface area (TPSA) is 181 Å². The molecule has 1 aromatic rings. The van der Waals surface area contributed by atoms with Gasteiger partial charge in [-0.3, -0.25) is 14.3 Å². The number of rotatable bonds is 5. The van der Waals surface area contributed by atoms with Crippen molar-refractivity contribution in [3.8, 4) is 0 Å². The number of carboxylic acid groups (broad SMARTS) is 1. The summed E-state index contributed by atoms with van der Waals surface area (Å²) in [7, 11) is 0. The molecule has 0 radical (unpaired) electrons. The van der Waals surface area contributed by atoms with Gasteiger partial charge in [0.15, 0.2) is 18.6 Å². The van der Waals surface area contributed by atoms with E-state index in [1.165, 1.54) is 12.2 Å². The molecule has 154 valence electrons. The molecular formula is C16H20N2O10. The first-order valence-corrected chi connectivity index (χ1v) is 8.14. The van der Waals surface area contributed by atoms with Crippen molar-refractivity contribution in [1.82, 2.24) is 9.55 Å². The predicted molar refractivity (Wildman–Crippen MR) is 89.4 cm³/mol. The lowest BCUT2D eigenvalue weighted by atomic mass is 9.99. The zero-order valence-corrected chi connectivity index (χ0v) is 14.2. The van der Waals surface area contributed by atoms with E-state index in [-0.39, 0.29) is 6.61 Å². The number of nitrogens with zero attached hydrogens (tertiary/aromatic N) is 1. The number of aryl methyl sites for hydroxylation is 1. The van der Waals surface area contributed by atoms with Crippen molar-refractivity contribution in [3.63, 3.8) is 0 Å². The molecule has 0 aliphatic carbocycles. The van der Waals surface area contributed by atoms with Gasteiger partial charge in [0.1, 0.15) is 24.4 Å². The van der Waals surface area contributed by atoms with Crippen LogP contribution < -0.4 is 11.2 Å². The molecule has 0 bridgehead atoms. The van der Waals surface area contributed by atoms with Crippen LogP contribution in [0.4, 0.5) is 0 Å². The van der Waals surface area contributed by atoms with Crippen molar-refractivity contribution < 1.29 is 43.5 Å². The van der Waals surface area contributed by atoms with Crippen molar-refractivity contribution in [2.24, 2.45) is 0 Å². The summed E-state index contributed by atoms with van der Waals surface area (Å²) < 4.78 is 38.8. The molecule has 0 saturated carbocycles. The average Bonchev–Trinajstić information content (AvgIpc) is 3.13. The lowest BCUT2D eigenvalue weighted by Gasteiger charge is -2.38. The Morgan fingerprint density at radius 2 is 2.00 bits per heavy atom. The summed E-state index contributed by atoms with van der Waals surface area (Å²) in [5, 5.41) is 38.4. The van der Waals surface area contributed by atoms with Crippen LogP contribution in [0.3, 0.4) is 0 Å². The van der Waals surface area contributed by atoms with Gasteiger partial charge in [0, 0.05) is 15.9 Å². The number of hydrogen-bond donors (Lipinski definition) is 5. The molecule has 3 heterocycles. The molecule has 12 nitrogen and oxygen atoms in total. The van der Waals surface area contributed by atoms with Gasteiger partial charge in [0.2, 0.25) is 0 Å². The highest BCUT2D eigenvalue weighted by Gasteiger charge is 2.47. The molecule has 1 aromatic heterocycles. The molecular weight excluding hydrogens is 380 g/mol. The van der Waals surface area contributed by atoms with E-state index in [4.69, 9.17) is 23.4 Å². The Hall–Kier alpha value is -2.35. The Morgan fingerprint density at radius 3 is 2.68 bits per heavy atom. The zero-order chi connectivity index (χ0) is 23.1. The second-order valence-electron chi connectivity index (χ2n) is 6.23. The zero-order valence-electron chi connectivity index (χ0n) is 17.2. The monoisotopic (exact) mass is 403 g/mol. The standard InChI is InChI=1S/C16H20N2O10/c1-6-4-18(16(25)17-13(6)22)8-3-2-7(27-8)5-26-15-11(21)9(19)10(20)12(28-15)14(23)24/h2-4,7-12,15,19-21H,5H2,1H3,(H,23,24)(H,17,22,25)/t7-,8+,9?,10-,11+,12-,15+/m0/s1/i1D3. The highest BCUT2D eigenvalue weighted by atomic mass is 16.7. The Bertz CT molecular complexity index is 974. The van der Waals surface area contributed by atoms with Gasteiger partial charge in [0.05, 0.1) is 6.61 Å². The Labute approximate surface area is 161 Å². The number of nitrogens with one attached hydrogen (secondary N) is 1. The summed E-state index contributed by atoms with van der Waals surface area (Å²) in [6, 6.07) is 0. The third-order valence-corrected chi connectivity index (χ3v) is 4.28. The minimum Gasteiger partial charge on any atom is -0.479 e. The number of H-pyrrole nitrogens is 1. The van der Waals surface area contributed by atoms with E-state index in [0.29, 0.717) is 0 Å². The minimum atomic E-state index is -2.76. The summed E-state index contributed by atoms with van der Waals surface area (Å²) >= 11 is 0. The fourth-order valence-electron chi connectivity index (χ4n) is 2.80. The summed E-state index contributed by atoms with van der Waals surface area (Å²) in [6.07, 6.45) is -7.03. The van der Waals surface area contributed by atoms with E-state index in [0.717, 1.165) is 10.8 Å². The quantitative estimate of drug-likeness (QED) is 0.322. The largest absolute Gasteiger partial charge is 0.479 e. The first-order valence-electron chi connectivity index (χ1n) is 9.64. The second-order valence-corrected chi connectivity index (χ2v) is 6.23. The van der Waals surface area contributed by atoms with Gasteiger partial charge in [-0.15, -0.1) is 0 Å². The van der Waals surface area contributed by atoms with Crippen LogP contribution in [0.25, 0.3) is 0 Å². The molecule has 7 atom stereocenters. The maximum atomic E-state index is 12.0. The smallest absolute Gasteiger partial charge is 0.335 e. The van der Waals surface area contributed by atoms with Gasteiger partial charge in [-0.1, -0.05) is 6.08 Å². The SMILES string of the molecule is [2H]C([2H])([2H])c1cn([C@H]2C=C[C@@H](CO[C@@H]3O[C@H](C(=O)O)[C@@H](O)C(O)[C@H]3O)O2)c(=O)[nH]c1=O. The molecule has 1 fully saturated rings. The molecule has 0 spiro atoms. The van der Waals surface area contributed by atoms with Crippen molar-refractivity contribution in [2.75, 3.05) is 6.61 Å². The minimum absolute atomic E-state index is 0.311. The Balaban J connectivity index is 1.66. The van der Waals surface area contributed by atoms with Crippen LogP contribution >= 0.6 is 0 Å². The van der Waals surface area contributed by atoms with E-state index in [1.807, 2.05) is 4.98 Å². The summed E-state index contributed by atoms with van der Waals surface area (Å²) in [6.45, 7) is -3.07. The molecule has 1 unspecified atom stereocenters. The van der Waals surface area contributed by atoms with Gasteiger partial charge in [-0.05, 0) is 12.9 Å². The van der Waals surface area contributed by atoms with E-state index < -0.39 is 72.7 Å². The van der Waals surface area contributed by atoms with E-state index in [9.17, 15) is 29.7 Å². The highest BCUT2D eigenvalue weighted by Crippen LogP contribution is 2.24. The van der Waals surface area contributed by atoms with Crippen LogP contribution in [-0.2, 0) is 19.0 Å². The molecule has 3 rings (SSSR count). The van der Waals surface area contributed by atoms with E-state index in [2.05, 4.69) is 0 Å². The molecule has 28 heavy (non-hydrogen) atoms. The number of aromatic amines is 1. The van der Waals surface area contributed by atoms with Crippen molar-refractivity contribution >= 4 is 5.97 Å². The van der Waals surface area contributed by atoms with Crippen molar-refractivity contribution in [2.45, 2.75) is 49.9 Å². The highest BCUT2D eigenvalue weighted by molar-refractivity contribution is 5.73. The van der Waals surface area contributed by atoms with E-state index >= 15 is 0 Å². The number of ether oxygens (including phenoxy) is 3. The van der Waals surface area contributed by atoms with E-state index in [1.54, 1.807) is 0 Å². The van der Waals surface area contributed by atoms with Gasteiger partial charge < -0.3 is 34.6 Å². The fourth-order valence-corrected chi connectivity index (χ4v) is 2.80. The third-order valence-electron chi connectivity index (χ3n) is 4.28. The number of aliphatic hydroxyl groups is 3. The Kier molecular flexibility index (Phi) is 4.71. The fraction of sp³-hybridized carbons (Fsp3) is 0.562. The first-order chi connectivity index (χ1) is 14.4. The number of carboxylic acids is 1. The molecule has 2 aliphatic heterocycles. The van der Waals surface area contributed by atoms with Crippen LogP contribution in [0.1, 0.15) is 15.9 Å². The molecule has 1 saturated heterocycles. The van der Waals surface area contributed by atoms with Crippen LogP contribution in [0.2, 0.25) is 0 Å². The van der Waals surface area contributed by atoms with Gasteiger partial charge >= 0.3 is 11.7 Å². The van der Waals surface area contributed by atoms with Crippen LogP contribution in [0.5, 0.6) is 0 Å².